The highest BCUT2D eigenvalue weighted by Gasteiger charge is 2.35. The van der Waals surface area contributed by atoms with Crippen molar-refractivity contribution in [2.24, 2.45) is 0 Å². The maximum absolute atomic E-state index is 14.6. The molecule has 7 nitrogen and oxygen atoms in total. The summed E-state index contributed by atoms with van der Waals surface area (Å²) in [5.41, 5.74) is 5.83. The SMILES string of the molecule is CCCCNC(=O)[C@@H](Cc1ccccc1)N(Cc1cccc(C)c1)C(=O)CN(c1ccc(C)cc1C)S(=O)(=O)c1ccc(C)cc1. The third-order valence-corrected chi connectivity index (χ3v) is 9.82. The predicted octanol–water partition coefficient (Wildman–Crippen LogP) is 6.67. The molecule has 242 valence electrons. The van der Waals surface area contributed by atoms with Gasteiger partial charge in [0.15, 0.2) is 0 Å². The van der Waals surface area contributed by atoms with Gasteiger partial charge in [-0.3, -0.25) is 13.9 Å². The fourth-order valence-electron chi connectivity index (χ4n) is 5.50. The Bertz CT molecular complexity index is 1740. The van der Waals surface area contributed by atoms with Gasteiger partial charge in [0.2, 0.25) is 11.8 Å². The minimum absolute atomic E-state index is 0.0919. The number of sulfonamides is 1. The van der Waals surface area contributed by atoms with Crippen molar-refractivity contribution in [3.63, 3.8) is 0 Å². The van der Waals surface area contributed by atoms with Crippen LogP contribution in [0.15, 0.2) is 102 Å². The molecule has 2 amide bonds. The van der Waals surface area contributed by atoms with Gasteiger partial charge in [0.25, 0.3) is 10.0 Å². The van der Waals surface area contributed by atoms with Crippen molar-refractivity contribution < 1.29 is 18.0 Å². The summed E-state index contributed by atoms with van der Waals surface area (Å²) in [6.45, 7) is 9.86. The number of hydrogen-bond acceptors (Lipinski definition) is 4. The van der Waals surface area contributed by atoms with E-state index in [2.05, 4.69) is 12.2 Å². The van der Waals surface area contributed by atoms with E-state index < -0.39 is 28.5 Å². The maximum atomic E-state index is 14.6. The summed E-state index contributed by atoms with van der Waals surface area (Å²) in [5, 5.41) is 3.03. The Morgan fingerprint density at radius 2 is 1.41 bits per heavy atom. The molecule has 0 aliphatic heterocycles. The van der Waals surface area contributed by atoms with Crippen LogP contribution in [0, 0.1) is 27.7 Å². The summed E-state index contributed by atoms with van der Waals surface area (Å²) in [4.78, 5) is 30.2. The summed E-state index contributed by atoms with van der Waals surface area (Å²) in [6, 6.07) is 28.6. The van der Waals surface area contributed by atoms with Gasteiger partial charge in [0.05, 0.1) is 10.6 Å². The van der Waals surface area contributed by atoms with E-state index in [-0.39, 0.29) is 23.8 Å². The highest BCUT2D eigenvalue weighted by atomic mass is 32.2. The second kappa shape index (κ2) is 15.7. The second-order valence-electron chi connectivity index (χ2n) is 12.0. The summed E-state index contributed by atoms with van der Waals surface area (Å²) in [5.74, 6) is -0.735. The molecule has 0 saturated heterocycles. The molecule has 4 aromatic rings. The van der Waals surface area contributed by atoms with Crippen LogP contribution in [-0.4, -0.2) is 44.3 Å². The van der Waals surface area contributed by atoms with Crippen LogP contribution in [0.1, 0.15) is 53.1 Å². The number of hydrogen-bond donors (Lipinski definition) is 1. The van der Waals surface area contributed by atoms with Gasteiger partial charge in [-0.15, -0.1) is 0 Å². The molecular weight excluding hydrogens is 595 g/mol. The molecule has 0 aliphatic carbocycles. The van der Waals surface area contributed by atoms with Crippen LogP contribution in [0.3, 0.4) is 0 Å². The third kappa shape index (κ3) is 8.85. The standard InChI is InChI=1S/C38H45N3O4S/c1-6-7-22-39-38(43)36(25-32-13-9-8-10-14-32)40(26-33-15-11-12-29(3)24-33)37(42)27-41(35-21-18-30(4)23-31(35)5)46(44,45)34-19-16-28(2)17-20-34/h8-21,23-24,36H,6-7,22,25-27H2,1-5H3,(H,39,43)/t36-/m1/s1. The maximum Gasteiger partial charge on any atom is 0.264 e. The van der Waals surface area contributed by atoms with Gasteiger partial charge in [-0.2, -0.15) is 0 Å². The largest absolute Gasteiger partial charge is 0.354 e. The van der Waals surface area contributed by atoms with Crippen molar-refractivity contribution in [3.05, 3.63) is 130 Å². The molecule has 0 saturated carbocycles. The number of amides is 2. The number of nitrogens with one attached hydrogen (secondary N) is 1. The molecule has 0 aromatic heterocycles. The summed E-state index contributed by atoms with van der Waals surface area (Å²) >= 11 is 0. The fourth-order valence-corrected chi connectivity index (χ4v) is 6.98. The Morgan fingerprint density at radius 3 is 2.07 bits per heavy atom. The number of unbranched alkanes of at least 4 members (excludes halogenated alkanes) is 1. The normalized spacial score (nSPS) is 11.9. The number of carbonyl (C=O) groups is 2. The Balaban J connectivity index is 1.81. The Hall–Kier alpha value is -4.43. The number of carbonyl (C=O) groups excluding carboxylic acids is 2. The van der Waals surface area contributed by atoms with Crippen molar-refractivity contribution in [2.45, 2.75) is 71.4 Å². The van der Waals surface area contributed by atoms with E-state index in [1.165, 1.54) is 4.31 Å². The molecule has 4 aromatic carbocycles. The highest BCUT2D eigenvalue weighted by Crippen LogP contribution is 2.29. The van der Waals surface area contributed by atoms with Gasteiger partial charge >= 0.3 is 0 Å². The molecule has 0 bridgehead atoms. The van der Waals surface area contributed by atoms with E-state index in [1.807, 2.05) is 94.4 Å². The number of benzene rings is 4. The quantitative estimate of drug-likeness (QED) is 0.156. The number of rotatable bonds is 14. The van der Waals surface area contributed by atoms with Gasteiger partial charge in [-0.05, 0) is 69.0 Å². The minimum atomic E-state index is -4.15. The first-order valence-corrected chi connectivity index (χ1v) is 17.3. The van der Waals surface area contributed by atoms with E-state index >= 15 is 0 Å². The summed E-state index contributed by atoms with van der Waals surface area (Å²) in [6.07, 6.45) is 2.01. The van der Waals surface area contributed by atoms with Gasteiger partial charge in [-0.25, -0.2) is 8.42 Å². The molecule has 1 N–H and O–H groups in total. The highest BCUT2D eigenvalue weighted by molar-refractivity contribution is 7.92. The van der Waals surface area contributed by atoms with Crippen LogP contribution in [0.5, 0.6) is 0 Å². The van der Waals surface area contributed by atoms with Gasteiger partial charge in [0, 0.05) is 19.5 Å². The lowest BCUT2D eigenvalue weighted by Crippen LogP contribution is -2.53. The third-order valence-electron chi connectivity index (χ3n) is 8.04. The van der Waals surface area contributed by atoms with Gasteiger partial charge in [0.1, 0.15) is 12.6 Å². The lowest BCUT2D eigenvalue weighted by Gasteiger charge is -2.34. The smallest absolute Gasteiger partial charge is 0.264 e. The van der Waals surface area contributed by atoms with E-state index in [0.717, 1.165) is 46.2 Å². The average Bonchev–Trinajstić information content (AvgIpc) is 3.02. The molecule has 1 atom stereocenters. The minimum Gasteiger partial charge on any atom is -0.354 e. The number of aryl methyl sites for hydroxylation is 4. The van der Waals surface area contributed by atoms with E-state index in [4.69, 9.17) is 0 Å². The molecule has 0 aliphatic rings. The van der Waals surface area contributed by atoms with Crippen LogP contribution in [0.2, 0.25) is 0 Å². The monoisotopic (exact) mass is 639 g/mol. The second-order valence-corrected chi connectivity index (χ2v) is 13.8. The Morgan fingerprint density at radius 1 is 0.761 bits per heavy atom. The zero-order chi connectivity index (χ0) is 33.3. The zero-order valence-electron chi connectivity index (χ0n) is 27.5. The topological polar surface area (TPSA) is 86.8 Å². The molecule has 8 heteroatoms. The average molecular weight is 640 g/mol. The molecule has 0 heterocycles. The first-order valence-electron chi connectivity index (χ1n) is 15.8. The molecule has 0 fully saturated rings. The molecule has 4 rings (SSSR count). The summed E-state index contributed by atoms with van der Waals surface area (Å²) in [7, 11) is -4.15. The van der Waals surface area contributed by atoms with Crippen LogP contribution in [0.25, 0.3) is 0 Å². The van der Waals surface area contributed by atoms with Gasteiger partial charge < -0.3 is 10.2 Å². The first kappa shape index (κ1) is 34.4. The molecule has 0 unspecified atom stereocenters. The number of nitrogens with zero attached hydrogens (tertiary/aromatic N) is 2. The number of anilines is 1. The molecular formula is C38H45N3O4S. The zero-order valence-corrected chi connectivity index (χ0v) is 28.3. The summed E-state index contributed by atoms with van der Waals surface area (Å²) < 4.78 is 29.8. The van der Waals surface area contributed by atoms with Crippen molar-refractivity contribution in [1.82, 2.24) is 10.2 Å². The Kier molecular flexibility index (Phi) is 11.8. The van der Waals surface area contributed by atoms with E-state index in [1.54, 1.807) is 35.2 Å². The molecule has 0 spiro atoms. The van der Waals surface area contributed by atoms with Crippen molar-refractivity contribution in [3.8, 4) is 0 Å². The van der Waals surface area contributed by atoms with Crippen LogP contribution >= 0.6 is 0 Å². The van der Waals surface area contributed by atoms with Crippen molar-refractivity contribution >= 4 is 27.5 Å². The van der Waals surface area contributed by atoms with E-state index in [0.29, 0.717) is 12.2 Å². The first-order chi connectivity index (χ1) is 22.0. The van der Waals surface area contributed by atoms with E-state index in [9.17, 15) is 18.0 Å². The fraction of sp³-hybridized carbons (Fsp3) is 0.316. The van der Waals surface area contributed by atoms with Crippen LogP contribution in [0.4, 0.5) is 5.69 Å². The lowest BCUT2D eigenvalue weighted by atomic mass is 10.0. The van der Waals surface area contributed by atoms with Crippen LogP contribution in [-0.2, 0) is 32.6 Å². The Labute approximate surface area is 274 Å². The van der Waals surface area contributed by atoms with Crippen molar-refractivity contribution in [2.75, 3.05) is 17.4 Å². The molecule has 46 heavy (non-hydrogen) atoms. The molecule has 0 radical (unpaired) electrons. The van der Waals surface area contributed by atoms with Crippen molar-refractivity contribution in [1.29, 1.82) is 0 Å². The lowest BCUT2D eigenvalue weighted by molar-refractivity contribution is -0.140. The van der Waals surface area contributed by atoms with Crippen LogP contribution < -0.4 is 9.62 Å². The van der Waals surface area contributed by atoms with Gasteiger partial charge in [-0.1, -0.05) is 109 Å². The predicted molar refractivity (Wildman–Crippen MR) is 185 cm³/mol.